The standard InChI is InChI=1S/C26H25N3O2S/c1-26(25(31)27-17-19-8-3-2-4-9-19)18-28-22-12-6-5-10-20(22)16-23(28)24(30)29(26)14-13-21-11-7-15-32-21/h2-12,15-16H,13-14,17-18H2,1H3,(H,27,31). The Hall–Kier alpha value is -3.38. The fraction of sp³-hybridized carbons (Fsp3) is 0.231. The minimum absolute atomic E-state index is 0.0960. The number of benzene rings is 2. The molecule has 162 valence electrons. The van der Waals surface area contributed by atoms with Crippen molar-refractivity contribution in [2.24, 2.45) is 0 Å². The molecule has 6 heteroatoms. The van der Waals surface area contributed by atoms with E-state index in [1.165, 1.54) is 4.88 Å². The van der Waals surface area contributed by atoms with Gasteiger partial charge in [-0.3, -0.25) is 9.59 Å². The van der Waals surface area contributed by atoms with E-state index in [0.717, 1.165) is 22.9 Å². The van der Waals surface area contributed by atoms with Gasteiger partial charge in [0.15, 0.2) is 0 Å². The molecule has 2 amide bonds. The predicted molar refractivity (Wildman–Crippen MR) is 128 cm³/mol. The highest BCUT2D eigenvalue weighted by molar-refractivity contribution is 7.09. The summed E-state index contributed by atoms with van der Waals surface area (Å²) < 4.78 is 2.00. The molecule has 0 saturated heterocycles. The first-order chi connectivity index (χ1) is 15.6. The number of fused-ring (bicyclic) bond motifs is 3. The summed E-state index contributed by atoms with van der Waals surface area (Å²) in [7, 11) is 0. The van der Waals surface area contributed by atoms with Crippen molar-refractivity contribution in [3.05, 3.63) is 94.3 Å². The molecule has 32 heavy (non-hydrogen) atoms. The van der Waals surface area contributed by atoms with Gasteiger partial charge in [-0.2, -0.15) is 0 Å². The third-order valence-corrected chi connectivity index (χ3v) is 7.22. The molecule has 1 aliphatic rings. The average molecular weight is 444 g/mol. The minimum atomic E-state index is -0.988. The van der Waals surface area contributed by atoms with E-state index in [2.05, 4.69) is 11.4 Å². The number of amides is 2. The summed E-state index contributed by atoms with van der Waals surface area (Å²) >= 11 is 1.67. The molecule has 0 spiro atoms. The van der Waals surface area contributed by atoms with E-state index in [-0.39, 0.29) is 11.8 Å². The van der Waals surface area contributed by atoms with Gasteiger partial charge in [0.1, 0.15) is 11.2 Å². The third kappa shape index (κ3) is 3.60. The van der Waals surface area contributed by atoms with E-state index in [4.69, 9.17) is 0 Å². The van der Waals surface area contributed by atoms with Gasteiger partial charge >= 0.3 is 0 Å². The Kier molecular flexibility index (Phi) is 5.31. The van der Waals surface area contributed by atoms with Crippen LogP contribution in [0.1, 0.15) is 27.9 Å². The Morgan fingerprint density at radius 1 is 1.06 bits per heavy atom. The van der Waals surface area contributed by atoms with E-state index in [0.29, 0.717) is 25.3 Å². The largest absolute Gasteiger partial charge is 0.350 e. The van der Waals surface area contributed by atoms with E-state index in [1.807, 2.05) is 83.6 Å². The van der Waals surface area contributed by atoms with Gasteiger partial charge < -0.3 is 14.8 Å². The predicted octanol–water partition coefficient (Wildman–Crippen LogP) is 4.48. The number of aromatic nitrogens is 1. The first-order valence-electron chi connectivity index (χ1n) is 10.8. The molecule has 1 unspecified atom stereocenters. The Morgan fingerprint density at radius 2 is 1.84 bits per heavy atom. The summed E-state index contributed by atoms with van der Waals surface area (Å²) in [6.45, 7) is 3.24. The zero-order valence-electron chi connectivity index (χ0n) is 18.0. The lowest BCUT2D eigenvalue weighted by molar-refractivity contribution is -0.133. The fourth-order valence-corrected chi connectivity index (χ4v) is 5.20. The third-order valence-electron chi connectivity index (χ3n) is 6.28. The van der Waals surface area contributed by atoms with Gasteiger partial charge in [0, 0.05) is 28.9 Å². The molecule has 1 atom stereocenters. The molecule has 5 rings (SSSR count). The van der Waals surface area contributed by atoms with Crippen LogP contribution in [-0.4, -0.2) is 33.4 Å². The van der Waals surface area contributed by atoms with Crippen molar-refractivity contribution in [1.29, 1.82) is 0 Å². The molecule has 3 heterocycles. The van der Waals surface area contributed by atoms with Crippen molar-refractivity contribution in [2.45, 2.75) is 32.0 Å². The summed E-state index contributed by atoms with van der Waals surface area (Å²) in [5, 5.41) is 6.14. The molecule has 2 aromatic heterocycles. The summed E-state index contributed by atoms with van der Waals surface area (Å²) in [6.07, 6.45) is 0.727. The Balaban J connectivity index is 1.49. The molecule has 0 fully saturated rings. The molecule has 0 aliphatic carbocycles. The van der Waals surface area contributed by atoms with Gasteiger partial charge in [-0.1, -0.05) is 54.6 Å². The summed E-state index contributed by atoms with van der Waals surface area (Å²) in [5.41, 5.74) is 1.67. The molecular weight excluding hydrogens is 418 g/mol. The minimum Gasteiger partial charge on any atom is -0.350 e. The molecule has 1 aliphatic heterocycles. The monoisotopic (exact) mass is 443 g/mol. The average Bonchev–Trinajstić information content (AvgIpc) is 3.46. The van der Waals surface area contributed by atoms with Gasteiger partial charge in [0.25, 0.3) is 5.91 Å². The van der Waals surface area contributed by atoms with Crippen LogP contribution < -0.4 is 5.32 Å². The van der Waals surface area contributed by atoms with E-state index >= 15 is 0 Å². The highest BCUT2D eigenvalue weighted by Crippen LogP contribution is 2.32. The molecule has 4 aromatic rings. The maximum absolute atomic E-state index is 13.7. The molecule has 0 radical (unpaired) electrons. The van der Waals surface area contributed by atoms with Gasteiger partial charge in [-0.05, 0) is 42.5 Å². The number of rotatable bonds is 6. The number of thiophene rings is 1. The molecule has 5 nitrogen and oxygen atoms in total. The van der Waals surface area contributed by atoms with Crippen molar-refractivity contribution < 1.29 is 9.59 Å². The second kappa shape index (κ2) is 8.28. The van der Waals surface area contributed by atoms with Gasteiger partial charge in [0.2, 0.25) is 5.91 Å². The molecule has 0 saturated carbocycles. The smallest absolute Gasteiger partial charge is 0.271 e. The van der Waals surface area contributed by atoms with Crippen LogP contribution in [-0.2, 0) is 24.3 Å². The van der Waals surface area contributed by atoms with Crippen molar-refractivity contribution in [2.75, 3.05) is 6.54 Å². The van der Waals surface area contributed by atoms with E-state index in [9.17, 15) is 9.59 Å². The highest BCUT2D eigenvalue weighted by atomic mass is 32.1. The quantitative estimate of drug-likeness (QED) is 0.478. The summed E-state index contributed by atoms with van der Waals surface area (Å²) in [5.74, 6) is -0.231. The van der Waals surface area contributed by atoms with Crippen LogP contribution in [0, 0.1) is 0 Å². The lowest BCUT2D eigenvalue weighted by Gasteiger charge is -2.44. The second-order valence-corrected chi connectivity index (χ2v) is 9.44. The molecule has 1 N–H and O–H groups in total. The van der Waals surface area contributed by atoms with Gasteiger partial charge in [-0.15, -0.1) is 11.3 Å². The van der Waals surface area contributed by atoms with Crippen LogP contribution in [0.3, 0.4) is 0 Å². The molecule has 2 aromatic carbocycles. The van der Waals surface area contributed by atoms with Crippen LogP contribution in [0.2, 0.25) is 0 Å². The second-order valence-electron chi connectivity index (χ2n) is 8.40. The number of nitrogens with one attached hydrogen (secondary N) is 1. The normalized spacial score (nSPS) is 18.0. The zero-order chi connectivity index (χ0) is 22.1. The van der Waals surface area contributed by atoms with Crippen LogP contribution in [0.25, 0.3) is 10.9 Å². The maximum Gasteiger partial charge on any atom is 0.271 e. The molecular formula is C26H25N3O2S. The Morgan fingerprint density at radius 3 is 2.62 bits per heavy atom. The summed E-state index contributed by atoms with van der Waals surface area (Å²) in [6, 6.07) is 23.8. The number of carbonyl (C=O) groups excluding carboxylic acids is 2. The topological polar surface area (TPSA) is 54.3 Å². The maximum atomic E-state index is 13.7. The molecule has 0 bridgehead atoms. The van der Waals surface area contributed by atoms with Crippen molar-refractivity contribution in [3.63, 3.8) is 0 Å². The van der Waals surface area contributed by atoms with Gasteiger partial charge in [-0.25, -0.2) is 0 Å². The van der Waals surface area contributed by atoms with Crippen LogP contribution in [0.15, 0.2) is 78.2 Å². The van der Waals surface area contributed by atoms with Crippen LogP contribution >= 0.6 is 11.3 Å². The van der Waals surface area contributed by atoms with Crippen LogP contribution in [0.4, 0.5) is 0 Å². The number of nitrogens with zero attached hydrogens (tertiary/aromatic N) is 2. The number of para-hydroxylation sites is 1. The van der Waals surface area contributed by atoms with Crippen molar-refractivity contribution >= 4 is 34.1 Å². The van der Waals surface area contributed by atoms with Gasteiger partial charge in [0.05, 0.1) is 6.54 Å². The van der Waals surface area contributed by atoms with Crippen molar-refractivity contribution in [3.8, 4) is 0 Å². The fourth-order valence-electron chi connectivity index (χ4n) is 4.50. The number of hydrogen-bond donors (Lipinski definition) is 1. The Bertz CT molecular complexity index is 1260. The lowest BCUT2D eigenvalue weighted by Crippen LogP contribution is -2.64. The number of hydrogen-bond acceptors (Lipinski definition) is 3. The van der Waals surface area contributed by atoms with Crippen molar-refractivity contribution in [1.82, 2.24) is 14.8 Å². The Labute approximate surface area is 191 Å². The van der Waals surface area contributed by atoms with E-state index < -0.39 is 5.54 Å². The van der Waals surface area contributed by atoms with E-state index in [1.54, 1.807) is 16.2 Å². The summed E-state index contributed by atoms with van der Waals surface area (Å²) in [4.78, 5) is 30.2. The zero-order valence-corrected chi connectivity index (χ0v) is 18.8. The number of carbonyl (C=O) groups is 2. The van der Waals surface area contributed by atoms with Crippen LogP contribution in [0.5, 0.6) is 0 Å². The highest BCUT2D eigenvalue weighted by Gasteiger charge is 2.47. The SMILES string of the molecule is CC1(C(=O)NCc2ccccc2)Cn2c(cc3ccccc32)C(=O)N1CCc1cccs1. The lowest BCUT2D eigenvalue weighted by atomic mass is 9.94. The first-order valence-corrected chi connectivity index (χ1v) is 11.7. The first kappa shape index (κ1) is 20.5.